The van der Waals surface area contributed by atoms with E-state index in [9.17, 15) is 9.59 Å². The molecule has 2 atom stereocenters. The Hall–Kier alpha value is -2.15. The molecule has 0 unspecified atom stereocenters. The number of hydrogen-bond donors (Lipinski definition) is 1. The van der Waals surface area contributed by atoms with Crippen LogP contribution in [0.4, 0.5) is 0 Å². The molecule has 2 amide bonds. The van der Waals surface area contributed by atoms with Gasteiger partial charge in [0.25, 0.3) is 0 Å². The first-order chi connectivity index (χ1) is 12.1. The molecular formula is C18H22N4O2S. The molecule has 0 spiro atoms. The number of carbonyl (C=O) groups is 2. The molecule has 2 fully saturated rings. The summed E-state index contributed by atoms with van der Waals surface area (Å²) in [6.07, 6.45) is 3.09. The van der Waals surface area contributed by atoms with Gasteiger partial charge < -0.3 is 14.8 Å². The average Bonchev–Trinajstić information content (AvgIpc) is 3.34. The molecule has 4 heterocycles. The second-order valence-electron chi connectivity index (χ2n) is 6.94. The summed E-state index contributed by atoms with van der Waals surface area (Å²) in [7, 11) is 0. The Labute approximate surface area is 150 Å². The van der Waals surface area contributed by atoms with Crippen molar-refractivity contribution >= 4 is 23.2 Å². The van der Waals surface area contributed by atoms with E-state index in [2.05, 4.69) is 9.97 Å². The summed E-state index contributed by atoms with van der Waals surface area (Å²) < 4.78 is 0. The number of H-pyrrole nitrogens is 1. The number of nitrogens with zero attached hydrogens (tertiary/aromatic N) is 3. The van der Waals surface area contributed by atoms with Crippen molar-refractivity contribution < 1.29 is 9.59 Å². The lowest BCUT2D eigenvalue weighted by Gasteiger charge is -2.21. The maximum Gasteiger partial charge on any atom is 0.228 e. The van der Waals surface area contributed by atoms with Gasteiger partial charge in [0.15, 0.2) is 0 Å². The van der Waals surface area contributed by atoms with E-state index in [1.165, 1.54) is 0 Å². The Morgan fingerprint density at radius 1 is 1.40 bits per heavy atom. The van der Waals surface area contributed by atoms with Gasteiger partial charge in [0, 0.05) is 49.2 Å². The first-order valence-electron chi connectivity index (χ1n) is 8.70. The lowest BCUT2D eigenvalue weighted by atomic mass is 10.0. The van der Waals surface area contributed by atoms with E-state index < -0.39 is 0 Å². The van der Waals surface area contributed by atoms with Gasteiger partial charge >= 0.3 is 0 Å². The highest BCUT2D eigenvalue weighted by molar-refractivity contribution is 7.09. The molecule has 0 aliphatic carbocycles. The molecule has 2 aliphatic heterocycles. The molecule has 0 saturated carbocycles. The van der Waals surface area contributed by atoms with Crippen molar-refractivity contribution in [2.75, 3.05) is 19.6 Å². The Balaban J connectivity index is 1.31. The number of aromatic nitrogens is 2. The molecule has 7 heteroatoms. The highest BCUT2D eigenvalue weighted by Crippen LogP contribution is 2.33. The van der Waals surface area contributed by atoms with Gasteiger partial charge in [-0.05, 0) is 25.5 Å². The van der Waals surface area contributed by atoms with E-state index in [0.29, 0.717) is 26.1 Å². The first-order valence-corrected chi connectivity index (χ1v) is 9.58. The van der Waals surface area contributed by atoms with Gasteiger partial charge in [-0.25, -0.2) is 4.98 Å². The second-order valence-corrected chi connectivity index (χ2v) is 8.00. The van der Waals surface area contributed by atoms with Crippen molar-refractivity contribution in [3.63, 3.8) is 0 Å². The van der Waals surface area contributed by atoms with Crippen molar-refractivity contribution in [1.29, 1.82) is 0 Å². The molecule has 4 rings (SSSR count). The summed E-state index contributed by atoms with van der Waals surface area (Å²) in [5.41, 5.74) is 2.04. The predicted molar refractivity (Wildman–Crippen MR) is 94.9 cm³/mol. The van der Waals surface area contributed by atoms with Crippen LogP contribution < -0.4 is 0 Å². The Morgan fingerprint density at radius 2 is 2.28 bits per heavy atom. The minimum absolute atomic E-state index is 0.0332. The minimum Gasteiger partial charge on any atom is -0.365 e. The van der Waals surface area contributed by atoms with E-state index in [1.54, 1.807) is 11.3 Å². The number of hydrogen-bond acceptors (Lipinski definition) is 4. The number of fused-ring (bicyclic) bond motifs is 1. The van der Waals surface area contributed by atoms with E-state index in [-0.39, 0.29) is 23.7 Å². The van der Waals surface area contributed by atoms with Crippen LogP contribution in [0.2, 0.25) is 0 Å². The fraction of sp³-hybridized carbons (Fsp3) is 0.500. The van der Waals surface area contributed by atoms with Gasteiger partial charge in [0.05, 0.1) is 23.2 Å². The molecule has 0 aromatic carbocycles. The van der Waals surface area contributed by atoms with Crippen LogP contribution in [0.15, 0.2) is 23.7 Å². The predicted octanol–water partition coefficient (Wildman–Crippen LogP) is 1.83. The monoisotopic (exact) mass is 358 g/mol. The largest absolute Gasteiger partial charge is 0.365 e. The number of thiazole rings is 1. The number of aromatic amines is 1. The molecule has 0 radical (unpaired) electrons. The quantitative estimate of drug-likeness (QED) is 0.886. The van der Waals surface area contributed by atoms with Crippen LogP contribution in [0.5, 0.6) is 0 Å². The number of aryl methyl sites for hydroxylation is 2. The molecule has 2 aliphatic rings. The Kier molecular flexibility index (Phi) is 4.33. The third kappa shape index (κ3) is 3.33. The van der Waals surface area contributed by atoms with Crippen LogP contribution in [-0.4, -0.2) is 51.2 Å². The zero-order chi connectivity index (χ0) is 17.4. The third-order valence-corrected chi connectivity index (χ3v) is 5.99. The fourth-order valence-electron chi connectivity index (χ4n) is 3.89. The summed E-state index contributed by atoms with van der Waals surface area (Å²) in [6, 6.07) is 3.94. The van der Waals surface area contributed by atoms with Crippen LogP contribution in [0.25, 0.3) is 0 Å². The number of nitrogens with one attached hydrogen (secondary N) is 1. The standard InChI is InChI=1S/C18H22N4O2S/c1-12-20-15(11-25-12)9-22-8-13-7-21(10-16(13)18(22)24)17(23)5-4-14-3-2-6-19-14/h2-3,6,11,13,16,19H,4-5,7-10H2,1H3/t13-,16-/m0/s1. The summed E-state index contributed by atoms with van der Waals surface area (Å²) >= 11 is 1.61. The molecule has 2 saturated heterocycles. The van der Waals surface area contributed by atoms with Gasteiger partial charge in [0.1, 0.15) is 0 Å². The smallest absolute Gasteiger partial charge is 0.228 e. The molecule has 0 bridgehead atoms. The lowest BCUT2D eigenvalue weighted by molar-refractivity contribution is -0.133. The van der Waals surface area contributed by atoms with Gasteiger partial charge in [-0.1, -0.05) is 0 Å². The van der Waals surface area contributed by atoms with Crippen LogP contribution in [0, 0.1) is 18.8 Å². The number of carbonyl (C=O) groups excluding carboxylic acids is 2. The second kappa shape index (κ2) is 6.63. The van der Waals surface area contributed by atoms with E-state index in [0.717, 1.165) is 29.4 Å². The summed E-state index contributed by atoms with van der Waals surface area (Å²) in [5, 5.41) is 3.05. The lowest BCUT2D eigenvalue weighted by Crippen LogP contribution is -2.35. The van der Waals surface area contributed by atoms with E-state index >= 15 is 0 Å². The molecule has 1 N–H and O–H groups in total. The van der Waals surface area contributed by atoms with Crippen molar-refractivity contribution in [2.45, 2.75) is 26.3 Å². The van der Waals surface area contributed by atoms with Gasteiger partial charge in [0.2, 0.25) is 11.8 Å². The maximum absolute atomic E-state index is 12.7. The molecule has 25 heavy (non-hydrogen) atoms. The van der Waals surface area contributed by atoms with E-state index in [4.69, 9.17) is 0 Å². The van der Waals surface area contributed by atoms with Crippen molar-refractivity contribution in [2.24, 2.45) is 11.8 Å². The zero-order valence-corrected chi connectivity index (χ0v) is 15.1. The molecule has 132 valence electrons. The highest BCUT2D eigenvalue weighted by Gasteiger charge is 2.47. The minimum atomic E-state index is -0.0332. The number of rotatable bonds is 5. The van der Waals surface area contributed by atoms with Crippen molar-refractivity contribution in [3.05, 3.63) is 40.1 Å². The van der Waals surface area contributed by atoms with Crippen LogP contribution in [0.1, 0.15) is 22.8 Å². The summed E-state index contributed by atoms with van der Waals surface area (Å²) in [5.74, 6) is 0.560. The Bertz CT molecular complexity index is 770. The van der Waals surface area contributed by atoms with Crippen molar-refractivity contribution in [3.8, 4) is 0 Å². The third-order valence-electron chi connectivity index (χ3n) is 5.17. The fourth-order valence-corrected chi connectivity index (χ4v) is 4.49. The summed E-state index contributed by atoms with van der Waals surface area (Å²) in [4.78, 5) is 36.5. The van der Waals surface area contributed by atoms with Gasteiger partial charge in [-0.3, -0.25) is 9.59 Å². The number of likely N-dealkylation sites (tertiary alicyclic amines) is 2. The molecule has 6 nitrogen and oxygen atoms in total. The topological polar surface area (TPSA) is 69.3 Å². The Morgan fingerprint density at radius 3 is 2.96 bits per heavy atom. The van der Waals surface area contributed by atoms with Gasteiger partial charge in [-0.15, -0.1) is 11.3 Å². The number of amides is 2. The van der Waals surface area contributed by atoms with Crippen LogP contribution >= 0.6 is 11.3 Å². The highest BCUT2D eigenvalue weighted by atomic mass is 32.1. The zero-order valence-electron chi connectivity index (χ0n) is 14.3. The SMILES string of the molecule is Cc1nc(CN2C[C@@H]3CN(C(=O)CCc4ccc[nH]4)C[C@@H]3C2=O)cs1. The first kappa shape index (κ1) is 16.3. The maximum atomic E-state index is 12.7. The summed E-state index contributed by atoms with van der Waals surface area (Å²) in [6.45, 7) is 4.58. The normalized spacial score (nSPS) is 22.7. The van der Waals surface area contributed by atoms with Crippen LogP contribution in [0.3, 0.4) is 0 Å². The average molecular weight is 358 g/mol. The van der Waals surface area contributed by atoms with E-state index in [1.807, 2.05) is 40.4 Å². The van der Waals surface area contributed by atoms with Gasteiger partial charge in [-0.2, -0.15) is 0 Å². The molecular weight excluding hydrogens is 336 g/mol. The molecule has 2 aromatic heterocycles. The van der Waals surface area contributed by atoms with Crippen molar-refractivity contribution in [1.82, 2.24) is 19.8 Å². The van der Waals surface area contributed by atoms with Crippen LogP contribution in [-0.2, 0) is 22.6 Å². The molecule has 2 aromatic rings.